The first-order valence-corrected chi connectivity index (χ1v) is 24.3. The van der Waals surface area contributed by atoms with Crippen LogP contribution in [0.15, 0.2) is 0 Å². The van der Waals surface area contributed by atoms with Crippen molar-refractivity contribution in [2.75, 3.05) is 46.5 Å². The van der Waals surface area contributed by atoms with Crippen molar-refractivity contribution >= 4 is 18.3 Å². The molecule has 3 amide bonds. The summed E-state index contributed by atoms with van der Waals surface area (Å²) in [4.78, 5) is 63.5. The van der Waals surface area contributed by atoms with Crippen LogP contribution in [0.4, 0.5) is 14.4 Å². The van der Waals surface area contributed by atoms with Gasteiger partial charge in [-0.3, -0.25) is 0 Å². The van der Waals surface area contributed by atoms with E-state index in [0.29, 0.717) is 75.5 Å². The van der Waals surface area contributed by atoms with E-state index in [0.717, 1.165) is 64.2 Å². The molecule has 0 aromatic carbocycles. The molecule has 8 aliphatic heterocycles. The van der Waals surface area contributed by atoms with E-state index in [1.54, 1.807) is 4.90 Å². The van der Waals surface area contributed by atoms with E-state index < -0.39 is 53.6 Å². The topological polar surface area (TPSA) is 180 Å². The Bertz CT molecular complexity index is 1500. The number of amides is 3. The van der Waals surface area contributed by atoms with Crippen LogP contribution in [-0.2, 0) is 52.7 Å². The van der Waals surface area contributed by atoms with Gasteiger partial charge in [0, 0.05) is 50.9 Å². The highest BCUT2D eigenvalue weighted by Crippen LogP contribution is 2.62. The SMILES string of the molecule is COC(=O)N(CCCNC(=O)OCCC[C@H]1O[C@@H]2O[C@@]3(C)CC[C@H]4[C@H](C)CC[C@@H]([C@H]1C)[C@@]24OO3)CCCNC(=O)OCCC[C@H]1O[C@@H]2O[C@@]3(C)CC[C@H]4[C@H](C)CC[C@@H]([C@H]1C)[C@@]24OO3. The van der Waals surface area contributed by atoms with Gasteiger partial charge in [0.25, 0.3) is 0 Å². The lowest BCUT2D eigenvalue weighted by atomic mass is 9.57. The third-order valence-electron chi connectivity index (χ3n) is 16.5. The van der Waals surface area contributed by atoms with Gasteiger partial charge in [-0.15, -0.1) is 0 Å². The number of hydrogen-bond acceptors (Lipinski definition) is 14. The number of hydrogen-bond donors (Lipinski definition) is 2. The lowest BCUT2D eigenvalue weighted by Crippen LogP contribution is -2.70. The van der Waals surface area contributed by atoms with Gasteiger partial charge >= 0.3 is 18.3 Å². The highest BCUT2D eigenvalue weighted by molar-refractivity contribution is 5.68. The van der Waals surface area contributed by atoms with E-state index in [9.17, 15) is 14.4 Å². The molecule has 0 aromatic heterocycles. The van der Waals surface area contributed by atoms with Crippen molar-refractivity contribution in [2.45, 2.75) is 179 Å². The molecule has 16 atom stereocenters. The van der Waals surface area contributed by atoms with Crippen LogP contribution >= 0.6 is 0 Å². The first kappa shape index (κ1) is 47.0. The van der Waals surface area contributed by atoms with Crippen molar-refractivity contribution in [1.29, 1.82) is 0 Å². The number of nitrogens with one attached hydrogen (secondary N) is 2. The van der Waals surface area contributed by atoms with Crippen LogP contribution in [0, 0.1) is 47.3 Å². The van der Waals surface area contributed by atoms with Crippen LogP contribution in [0.2, 0.25) is 0 Å². The van der Waals surface area contributed by atoms with Crippen molar-refractivity contribution in [3.05, 3.63) is 0 Å². The molecule has 0 radical (unpaired) electrons. The Morgan fingerprint density at radius 1 is 0.603 bits per heavy atom. The zero-order valence-corrected chi connectivity index (χ0v) is 38.7. The van der Waals surface area contributed by atoms with Gasteiger partial charge in [-0.05, 0) is 126 Å². The maximum Gasteiger partial charge on any atom is 0.409 e. The molecule has 0 aromatic rings. The van der Waals surface area contributed by atoms with Gasteiger partial charge in [0.15, 0.2) is 23.8 Å². The monoisotopic (exact) mass is 894 g/mol. The van der Waals surface area contributed by atoms with Crippen LogP contribution in [-0.4, -0.2) is 117 Å². The number of carbonyl (C=O) groups excluding carboxylic acids is 3. The molecule has 8 saturated heterocycles. The first-order chi connectivity index (χ1) is 30.2. The summed E-state index contributed by atoms with van der Waals surface area (Å²) in [6, 6.07) is 0. The quantitative estimate of drug-likeness (QED) is 0.0892. The van der Waals surface area contributed by atoms with Crippen LogP contribution < -0.4 is 10.6 Å². The second-order valence-corrected chi connectivity index (χ2v) is 20.5. The van der Waals surface area contributed by atoms with E-state index in [1.165, 1.54) is 7.11 Å². The fourth-order valence-corrected chi connectivity index (χ4v) is 13.0. The van der Waals surface area contributed by atoms with E-state index in [1.807, 2.05) is 13.8 Å². The molecule has 2 N–H and O–H groups in total. The predicted octanol–water partition coefficient (Wildman–Crippen LogP) is 7.35. The standard InChI is InChI=1S/C46H75N3O14/c1-28-14-16-34-30(3)36(56-38-45(34)32(28)18-20-43(5,58-38)60-62-45)12-8-26-54-40(50)47-22-10-24-49(42(52)53-7)25-11-23-48-41(51)55-27-9-13-37-31(4)35-17-15-29(2)33-19-21-44(6)59-39(57-37)46(33,35)63-61-44/h28-39H,8-27H2,1-7H3,(H,47,50)(H,48,51)/t28-,29-,30-,31-,32+,33+,34+,35+,36-,37-,38-,39-,43-,44-,45-,46-/m1/s1. The van der Waals surface area contributed by atoms with Crippen molar-refractivity contribution in [1.82, 2.24) is 15.5 Å². The molecule has 17 heteroatoms. The molecular formula is C46H75N3O14. The highest BCUT2D eigenvalue weighted by atomic mass is 17.3. The number of fused-ring (bicyclic) bond motifs is 4. The van der Waals surface area contributed by atoms with Gasteiger partial charge in [-0.25, -0.2) is 33.9 Å². The molecule has 63 heavy (non-hydrogen) atoms. The largest absolute Gasteiger partial charge is 0.453 e. The number of rotatable bonds is 16. The van der Waals surface area contributed by atoms with Gasteiger partial charge in [-0.1, -0.05) is 27.7 Å². The number of methoxy groups -OCH3 is 1. The molecule has 8 heterocycles. The minimum absolute atomic E-state index is 0.0413. The summed E-state index contributed by atoms with van der Waals surface area (Å²) in [7, 11) is 1.33. The molecule has 0 unspecified atom stereocenters. The molecule has 358 valence electrons. The summed E-state index contributed by atoms with van der Waals surface area (Å²) in [5.41, 5.74) is -1.17. The minimum atomic E-state index is -0.808. The van der Waals surface area contributed by atoms with Crippen LogP contribution in [0.3, 0.4) is 0 Å². The van der Waals surface area contributed by atoms with Crippen LogP contribution in [0.25, 0.3) is 0 Å². The Balaban J connectivity index is 0.682. The van der Waals surface area contributed by atoms with Crippen LogP contribution in [0.5, 0.6) is 0 Å². The molecule has 10 rings (SSSR count). The van der Waals surface area contributed by atoms with E-state index >= 15 is 0 Å². The fraction of sp³-hybridized carbons (Fsp3) is 0.935. The molecule has 17 nitrogen and oxygen atoms in total. The zero-order valence-electron chi connectivity index (χ0n) is 38.7. The Kier molecular flexibility index (Phi) is 14.5. The molecular weight excluding hydrogens is 819 g/mol. The second-order valence-electron chi connectivity index (χ2n) is 20.5. The number of nitrogens with zero attached hydrogens (tertiary/aromatic N) is 1. The van der Waals surface area contributed by atoms with Gasteiger partial charge in [0.05, 0.1) is 32.5 Å². The van der Waals surface area contributed by atoms with Gasteiger partial charge in [0.1, 0.15) is 0 Å². The molecule has 2 aliphatic carbocycles. The Morgan fingerprint density at radius 3 is 1.48 bits per heavy atom. The number of alkyl carbamates (subject to hydrolysis) is 2. The first-order valence-electron chi connectivity index (χ1n) is 24.3. The van der Waals surface area contributed by atoms with Crippen molar-refractivity contribution < 1.29 is 67.1 Å². The van der Waals surface area contributed by atoms with Gasteiger partial charge in [0.2, 0.25) is 11.6 Å². The Hall–Kier alpha value is -2.51. The maximum atomic E-state index is 12.5. The van der Waals surface area contributed by atoms with Crippen molar-refractivity contribution in [3.8, 4) is 0 Å². The third kappa shape index (κ3) is 9.29. The fourth-order valence-electron chi connectivity index (χ4n) is 13.0. The minimum Gasteiger partial charge on any atom is -0.453 e. The molecule has 2 saturated carbocycles. The van der Waals surface area contributed by atoms with E-state index in [4.69, 9.17) is 52.7 Å². The van der Waals surface area contributed by atoms with Gasteiger partial charge in [-0.2, -0.15) is 0 Å². The van der Waals surface area contributed by atoms with Crippen molar-refractivity contribution in [3.63, 3.8) is 0 Å². The Labute approximate surface area is 373 Å². The normalized spacial score (nSPS) is 43.3. The zero-order chi connectivity index (χ0) is 44.6. The smallest absolute Gasteiger partial charge is 0.409 e. The summed E-state index contributed by atoms with van der Waals surface area (Å²) in [5.74, 6) is 1.06. The van der Waals surface area contributed by atoms with Gasteiger partial charge < -0.3 is 48.7 Å². The lowest BCUT2D eigenvalue weighted by Gasteiger charge is -2.60. The molecule has 4 bridgehead atoms. The molecule has 10 fully saturated rings. The second kappa shape index (κ2) is 19.4. The number of carbonyl (C=O) groups is 3. The summed E-state index contributed by atoms with van der Waals surface area (Å²) in [6.07, 6.45) is 9.18. The maximum absolute atomic E-state index is 12.5. The van der Waals surface area contributed by atoms with E-state index in [2.05, 4.69) is 38.3 Å². The van der Waals surface area contributed by atoms with Crippen molar-refractivity contribution in [2.24, 2.45) is 47.3 Å². The Morgan fingerprint density at radius 2 is 1.05 bits per heavy atom. The predicted molar refractivity (Wildman–Crippen MR) is 224 cm³/mol. The number of ether oxygens (including phenoxy) is 7. The lowest BCUT2D eigenvalue weighted by molar-refractivity contribution is -0.571. The summed E-state index contributed by atoms with van der Waals surface area (Å²) >= 11 is 0. The summed E-state index contributed by atoms with van der Waals surface area (Å²) < 4.78 is 42.2. The summed E-state index contributed by atoms with van der Waals surface area (Å²) in [5, 5.41) is 5.57. The average Bonchev–Trinajstić information content (AvgIpc) is 3.64. The van der Waals surface area contributed by atoms with E-state index in [-0.39, 0.29) is 49.1 Å². The van der Waals surface area contributed by atoms with Crippen LogP contribution in [0.1, 0.15) is 131 Å². The molecule has 2 spiro atoms. The molecule has 10 aliphatic rings. The summed E-state index contributed by atoms with van der Waals surface area (Å²) in [6.45, 7) is 14.9. The highest BCUT2D eigenvalue weighted by Gasteiger charge is 2.70. The third-order valence-corrected chi connectivity index (χ3v) is 16.5. The average molecular weight is 894 g/mol.